The van der Waals surface area contributed by atoms with Crippen molar-refractivity contribution >= 4 is 0 Å². The van der Waals surface area contributed by atoms with Crippen LogP contribution in [-0.2, 0) is 12.0 Å². The summed E-state index contributed by atoms with van der Waals surface area (Å²) >= 11 is 0. The lowest BCUT2D eigenvalue weighted by Gasteiger charge is -2.29. The molecule has 0 fully saturated rings. The second-order valence-corrected chi connectivity index (χ2v) is 4.66. The van der Waals surface area contributed by atoms with Crippen LogP contribution >= 0.6 is 0 Å². The first-order valence-corrected chi connectivity index (χ1v) is 6.24. The molecule has 2 rings (SSSR count). The van der Waals surface area contributed by atoms with Gasteiger partial charge in [0, 0.05) is 12.1 Å². The fourth-order valence-corrected chi connectivity index (χ4v) is 2.26. The van der Waals surface area contributed by atoms with Crippen molar-refractivity contribution in [2.75, 3.05) is 6.61 Å². The van der Waals surface area contributed by atoms with E-state index >= 15 is 0 Å². The Kier molecular flexibility index (Phi) is 4.13. The molecule has 0 heterocycles. The third kappa shape index (κ3) is 2.97. The highest BCUT2D eigenvalue weighted by Gasteiger charge is 2.26. The van der Waals surface area contributed by atoms with Crippen LogP contribution in [0.25, 0.3) is 0 Å². The number of rotatable bonds is 5. The number of hydrogen-bond donors (Lipinski definition) is 2. The van der Waals surface area contributed by atoms with Crippen LogP contribution in [0.5, 0.6) is 0 Å². The molecule has 0 saturated carbocycles. The fraction of sp³-hybridized carbons (Fsp3) is 0.250. The molecule has 0 aromatic heterocycles. The zero-order chi connectivity index (χ0) is 12.8. The molecule has 0 amide bonds. The van der Waals surface area contributed by atoms with Gasteiger partial charge in [-0.25, -0.2) is 0 Å². The van der Waals surface area contributed by atoms with Crippen LogP contribution in [0.2, 0.25) is 0 Å². The summed E-state index contributed by atoms with van der Waals surface area (Å²) < 4.78 is 0. The summed E-state index contributed by atoms with van der Waals surface area (Å²) in [6.07, 6.45) is 1.30. The molecule has 94 valence electrons. The lowest BCUT2D eigenvalue weighted by molar-refractivity contribution is 0.237. The van der Waals surface area contributed by atoms with Crippen molar-refractivity contribution in [3.8, 4) is 0 Å². The smallest absolute Gasteiger partial charge is 0.0472 e. The highest BCUT2D eigenvalue weighted by atomic mass is 16.3. The summed E-state index contributed by atoms with van der Waals surface area (Å²) in [5.41, 5.74) is 8.26. The molecule has 2 heteroatoms. The van der Waals surface area contributed by atoms with Gasteiger partial charge in [0.15, 0.2) is 0 Å². The van der Waals surface area contributed by atoms with Crippen LogP contribution in [0.1, 0.15) is 17.5 Å². The standard InChI is InChI=1S/C16H19NO/c17-16(11-12-18,15-9-5-2-6-10-15)13-14-7-3-1-4-8-14/h1-10,18H,11-13,17H2. The molecule has 18 heavy (non-hydrogen) atoms. The van der Waals surface area contributed by atoms with Crippen molar-refractivity contribution in [3.05, 3.63) is 71.8 Å². The maximum absolute atomic E-state index is 9.26. The molecular weight excluding hydrogens is 222 g/mol. The van der Waals surface area contributed by atoms with Gasteiger partial charge in [-0.2, -0.15) is 0 Å². The van der Waals surface area contributed by atoms with Crippen LogP contribution in [-0.4, -0.2) is 11.7 Å². The Hall–Kier alpha value is -1.64. The van der Waals surface area contributed by atoms with Gasteiger partial charge in [-0.15, -0.1) is 0 Å². The van der Waals surface area contributed by atoms with E-state index in [4.69, 9.17) is 5.73 Å². The van der Waals surface area contributed by atoms with E-state index in [0.717, 1.165) is 12.0 Å². The van der Waals surface area contributed by atoms with Gasteiger partial charge in [0.2, 0.25) is 0 Å². The molecule has 0 radical (unpaired) electrons. The lowest BCUT2D eigenvalue weighted by Crippen LogP contribution is -2.40. The average molecular weight is 241 g/mol. The van der Waals surface area contributed by atoms with Gasteiger partial charge in [-0.1, -0.05) is 60.7 Å². The monoisotopic (exact) mass is 241 g/mol. The third-order valence-electron chi connectivity index (χ3n) is 3.27. The van der Waals surface area contributed by atoms with Crippen LogP contribution in [0.3, 0.4) is 0 Å². The van der Waals surface area contributed by atoms with Crippen molar-refractivity contribution in [1.82, 2.24) is 0 Å². The van der Waals surface area contributed by atoms with Crippen LogP contribution < -0.4 is 5.73 Å². The molecular formula is C16H19NO. The lowest BCUT2D eigenvalue weighted by atomic mass is 9.82. The van der Waals surface area contributed by atoms with Crippen molar-refractivity contribution in [2.24, 2.45) is 5.73 Å². The van der Waals surface area contributed by atoms with Gasteiger partial charge in [0.1, 0.15) is 0 Å². The molecule has 0 bridgehead atoms. The molecule has 0 aliphatic heterocycles. The first-order chi connectivity index (χ1) is 8.74. The molecule has 2 nitrogen and oxygen atoms in total. The SMILES string of the molecule is NC(CCO)(Cc1ccccc1)c1ccccc1. The number of aliphatic hydroxyl groups excluding tert-OH is 1. The quantitative estimate of drug-likeness (QED) is 0.844. The van der Waals surface area contributed by atoms with Crippen molar-refractivity contribution in [1.29, 1.82) is 0 Å². The van der Waals surface area contributed by atoms with Crippen LogP contribution in [0.4, 0.5) is 0 Å². The Balaban J connectivity index is 2.27. The molecule has 2 aromatic carbocycles. The first kappa shape index (κ1) is 12.8. The van der Waals surface area contributed by atoms with Crippen molar-refractivity contribution in [2.45, 2.75) is 18.4 Å². The number of nitrogens with two attached hydrogens (primary N) is 1. The highest BCUT2D eigenvalue weighted by molar-refractivity contribution is 5.28. The normalized spacial score (nSPS) is 14.1. The van der Waals surface area contributed by atoms with Gasteiger partial charge in [0.05, 0.1) is 0 Å². The highest BCUT2D eigenvalue weighted by Crippen LogP contribution is 2.26. The zero-order valence-corrected chi connectivity index (χ0v) is 10.4. The molecule has 1 atom stereocenters. The minimum absolute atomic E-state index is 0.0955. The summed E-state index contributed by atoms with van der Waals surface area (Å²) in [5.74, 6) is 0. The van der Waals surface area contributed by atoms with E-state index in [9.17, 15) is 5.11 Å². The Morgan fingerprint density at radius 2 is 1.44 bits per heavy atom. The van der Waals surface area contributed by atoms with E-state index < -0.39 is 5.54 Å². The van der Waals surface area contributed by atoms with Crippen molar-refractivity contribution in [3.63, 3.8) is 0 Å². The third-order valence-corrected chi connectivity index (χ3v) is 3.27. The molecule has 1 unspecified atom stereocenters. The van der Waals surface area contributed by atoms with Gasteiger partial charge in [-0.05, 0) is 24.0 Å². The van der Waals surface area contributed by atoms with E-state index in [0.29, 0.717) is 6.42 Å². The number of benzene rings is 2. The predicted octanol–water partition coefficient (Wildman–Crippen LogP) is 2.47. The Bertz CT molecular complexity index is 469. The van der Waals surface area contributed by atoms with E-state index in [1.165, 1.54) is 5.56 Å². The largest absolute Gasteiger partial charge is 0.396 e. The van der Waals surface area contributed by atoms with Gasteiger partial charge < -0.3 is 10.8 Å². The summed E-state index contributed by atoms with van der Waals surface area (Å²) in [6, 6.07) is 20.2. The van der Waals surface area contributed by atoms with E-state index in [2.05, 4.69) is 12.1 Å². The number of aliphatic hydroxyl groups is 1. The molecule has 0 saturated heterocycles. The second kappa shape index (κ2) is 5.80. The summed E-state index contributed by atoms with van der Waals surface area (Å²) in [4.78, 5) is 0. The Morgan fingerprint density at radius 3 is 2.00 bits per heavy atom. The predicted molar refractivity (Wildman–Crippen MR) is 74.2 cm³/mol. The van der Waals surface area contributed by atoms with Crippen molar-refractivity contribution < 1.29 is 5.11 Å². The molecule has 0 aliphatic rings. The summed E-state index contributed by atoms with van der Waals surface area (Å²) in [6.45, 7) is 0.0955. The molecule has 3 N–H and O–H groups in total. The van der Waals surface area contributed by atoms with E-state index in [-0.39, 0.29) is 6.61 Å². The maximum atomic E-state index is 9.26. The Morgan fingerprint density at radius 1 is 0.889 bits per heavy atom. The van der Waals surface area contributed by atoms with Gasteiger partial charge >= 0.3 is 0 Å². The van der Waals surface area contributed by atoms with E-state index in [1.807, 2.05) is 48.5 Å². The topological polar surface area (TPSA) is 46.2 Å². The average Bonchev–Trinajstić information content (AvgIpc) is 2.41. The summed E-state index contributed by atoms with van der Waals surface area (Å²) in [5, 5.41) is 9.26. The molecule has 0 spiro atoms. The fourth-order valence-electron chi connectivity index (χ4n) is 2.26. The van der Waals surface area contributed by atoms with Gasteiger partial charge in [0.25, 0.3) is 0 Å². The van der Waals surface area contributed by atoms with Crippen LogP contribution in [0.15, 0.2) is 60.7 Å². The second-order valence-electron chi connectivity index (χ2n) is 4.66. The maximum Gasteiger partial charge on any atom is 0.0472 e. The van der Waals surface area contributed by atoms with Gasteiger partial charge in [-0.3, -0.25) is 0 Å². The van der Waals surface area contributed by atoms with E-state index in [1.54, 1.807) is 0 Å². The van der Waals surface area contributed by atoms with Crippen LogP contribution in [0, 0.1) is 0 Å². The molecule has 0 aliphatic carbocycles. The minimum atomic E-state index is -0.503. The molecule has 2 aromatic rings. The summed E-state index contributed by atoms with van der Waals surface area (Å²) in [7, 11) is 0. The Labute approximate surface area is 108 Å². The minimum Gasteiger partial charge on any atom is -0.396 e. The first-order valence-electron chi connectivity index (χ1n) is 6.24. The number of hydrogen-bond acceptors (Lipinski definition) is 2. The zero-order valence-electron chi connectivity index (χ0n) is 10.4.